The molecule has 1 aliphatic heterocycles. The lowest BCUT2D eigenvalue weighted by atomic mass is 10.1. The number of anilines is 1. The molecule has 1 unspecified atom stereocenters. The Labute approximate surface area is 119 Å². The molecule has 1 aromatic rings. The minimum atomic E-state index is 0.548. The van der Waals surface area contributed by atoms with Gasteiger partial charge in [-0.15, -0.1) is 0 Å². The van der Waals surface area contributed by atoms with Crippen LogP contribution in [-0.4, -0.2) is 48.1 Å². The normalized spacial score (nSPS) is 24.0. The molecule has 2 fully saturated rings. The Morgan fingerprint density at radius 1 is 1.26 bits per heavy atom. The monoisotopic (exact) mass is 280 g/mol. The predicted octanol–water partition coefficient (Wildman–Crippen LogP) is 2.54. The highest BCUT2D eigenvalue weighted by atomic mass is 35.5. The minimum absolute atomic E-state index is 0.548. The topological polar surface area (TPSA) is 32.3 Å². The van der Waals surface area contributed by atoms with Crippen LogP contribution in [0.4, 0.5) is 5.82 Å². The summed E-state index contributed by atoms with van der Waals surface area (Å²) in [6.07, 6.45) is 4.89. The number of piperidine rings is 1. The van der Waals surface area contributed by atoms with Crippen LogP contribution in [0, 0.1) is 0 Å². The molecule has 1 aliphatic carbocycles. The van der Waals surface area contributed by atoms with E-state index >= 15 is 0 Å². The van der Waals surface area contributed by atoms with E-state index in [1.54, 1.807) is 0 Å². The highest BCUT2D eigenvalue weighted by Crippen LogP contribution is 2.39. The van der Waals surface area contributed by atoms with Gasteiger partial charge in [0, 0.05) is 31.1 Å². The largest absolute Gasteiger partial charge is 0.355 e. The lowest BCUT2D eigenvalue weighted by molar-refractivity contribution is 0.257. The van der Waals surface area contributed by atoms with Gasteiger partial charge in [-0.05, 0) is 39.8 Å². The van der Waals surface area contributed by atoms with Gasteiger partial charge in [-0.2, -0.15) is 0 Å². The van der Waals surface area contributed by atoms with Gasteiger partial charge in [0.25, 0.3) is 0 Å². The van der Waals surface area contributed by atoms with Crippen LogP contribution in [0.1, 0.15) is 37.4 Å². The van der Waals surface area contributed by atoms with Gasteiger partial charge in [0.2, 0.25) is 0 Å². The summed E-state index contributed by atoms with van der Waals surface area (Å²) >= 11 is 6.15. The first kappa shape index (κ1) is 13.1. The number of hydrogen-bond donors (Lipinski definition) is 0. The van der Waals surface area contributed by atoms with Crippen molar-refractivity contribution < 1.29 is 0 Å². The first-order valence-corrected chi connectivity index (χ1v) is 7.47. The first-order chi connectivity index (χ1) is 9.13. The third-order valence-electron chi connectivity index (χ3n) is 4.09. The molecule has 1 saturated carbocycles. The Morgan fingerprint density at radius 3 is 2.74 bits per heavy atom. The molecule has 3 rings (SSSR count). The maximum Gasteiger partial charge on any atom is 0.135 e. The van der Waals surface area contributed by atoms with Gasteiger partial charge in [0.1, 0.15) is 16.8 Å². The molecule has 2 heterocycles. The number of hydrogen-bond acceptors (Lipinski definition) is 4. The summed E-state index contributed by atoms with van der Waals surface area (Å²) in [5.74, 6) is 2.50. The molecule has 1 aromatic heterocycles. The Morgan fingerprint density at radius 2 is 2.05 bits per heavy atom. The molecule has 1 saturated heterocycles. The summed E-state index contributed by atoms with van der Waals surface area (Å²) < 4.78 is 0. The highest BCUT2D eigenvalue weighted by Gasteiger charge is 2.29. The molecule has 0 bridgehead atoms. The lowest BCUT2D eigenvalue weighted by Gasteiger charge is -2.36. The van der Waals surface area contributed by atoms with E-state index in [1.807, 2.05) is 6.07 Å². The van der Waals surface area contributed by atoms with Crippen molar-refractivity contribution in [2.24, 2.45) is 0 Å². The van der Waals surface area contributed by atoms with E-state index in [-0.39, 0.29) is 0 Å². The molecule has 0 radical (unpaired) electrons. The molecule has 0 amide bonds. The zero-order valence-electron chi connectivity index (χ0n) is 11.6. The maximum absolute atomic E-state index is 6.15. The van der Waals surface area contributed by atoms with E-state index in [2.05, 4.69) is 28.9 Å². The van der Waals surface area contributed by atoms with Crippen molar-refractivity contribution in [3.05, 3.63) is 17.0 Å². The van der Waals surface area contributed by atoms with E-state index in [9.17, 15) is 0 Å². The van der Waals surface area contributed by atoms with E-state index < -0.39 is 0 Å². The number of likely N-dealkylation sites (N-methyl/N-ethyl adjacent to an activating group) is 1. The summed E-state index contributed by atoms with van der Waals surface area (Å²) in [5.41, 5.74) is 0. The second kappa shape index (κ2) is 5.25. The predicted molar refractivity (Wildman–Crippen MR) is 77.9 cm³/mol. The molecule has 104 valence electrons. The maximum atomic E-state index is 6.15. The van der Waals surface area contributed by atoms with Gasteiger partial charge in [0.15, 0.2) is 0 Å². The van der Waals surface area contributed by atoms with Crippen molar-refractivity contribution >= 4 is 17.4 Å². The van der Waals surface area contributed by atoms with Crippen LogP contribution < -0.4 is 4.90 Å². The van der Waals surface area contributed by atoms with Gasteiger partial charge < -0.3 is 9.80 Å². The summed E-state index contributed by atoms with van der Waals surface area (Å²) in [4.78, 5) is 13.7. The summed E-state index contributed by atoms with van der Waals surface area (Å²) in [6.45, 7) is 2.10. The second-order valence-corrected chi connectivity index (χ2v) is 6.27. The van der Waals surface area contributed by atoms with Gasteiger partial charge in [-0.25, -0.2) is 9.97 Å². The van der Waals surface area contributed by atoms with Crippen LogP contribution in [-0.2, 0) is 0 Å². The highest BCUT2D eigenvalue weighted by molar-refractivity contribution is 6.29. The van der Waals surface area contributed by atoms with E-state index in [0.29, 0.717) is 17.1 Å². The van der Waals surface area contributed by atoms with Gasteiger partial charge in [-0.1, -0.05) is 11.6 Å². The van der Waals surface area contributed by atoms with Crippen LogP contribution in [0.15, 0.2) is 6.07 Å². The van der Waals surface area contributed by atoms with Crippen LogP contribution in [0.3, 0.4) is 0 Å². The van der Waals surface area contributed by atoms with Crippen LogP contribution in [0.2, 0.25) is 5.15 Å². The molecule has 1 atom stereocenters. The van der Waals surface area contributed by atoms with Gasteiger partial charge in [0.05, 0.1) is 0 Å². The smallest absolute Gasteiger partial charge is 0.135 e. The standard InChI is InChI=1S/C14H21ClN4/c1-18(2)11-4-3-7-19(9-11)13-8-12(15)16-14(17-13)10-5-6-10/h8,10-11H,3-7,9H2,1-2H3. The Balaban J connectivity index is 1.80. The molecule has 0 aromatic carbocycles. The number of aromatic nitrogens is 2. The fourth-order valence-corrected chi connectivity index (χ4v) is 2.88. The van der Waals surface area contributed by atoms with Gasteiger partial charge in [-0.3, -0.25) is 0 Å². The van der Waals surface area contributed by atoms with Crippen molar-refractivity contribution in [1.29, 1.82) is 0 Å². The lowest BCUT2D eigenvalue weighted by Crippen LogP contribution is -2.45. The Kier molecular flexibility index (Phi) is 3.63. The van der Waals surface area contributed by atoms with Gasteiger partial charge >= 0.3 is 0 Å². The molecule has 4 nitrogen and oxygen atoms in total. The molecule has 2 aliphatic rings. The average molecular weight is 281 g/mol. The van der Waals surface area contributed by atoms with Crippen molar-refractivity contribution in [1.82, 2.24) is 14.9 Å². The van der Waals surface area contributed by atoms with Crippen LogP contribution in [0.25, 0.3) is 0 Å². The summed E-state index contributed by atoms with van der Waals surface area (Å²) in [6, 6.07) is 2.51. The van der Waals surface area contributed by atoms with Crippen molar-refractivity contribution in [2.75, 3.05) is 32.1 Å². The van der Waals surface area contributed by atoms with Crippen molar-refractivity contribution in [3.8, 4) is 0 Å². The molecular weight excluding hydrogens is 260 g/mol. The summed E-state index contributed by atoms with van der Waals surface area (Å²) in [7, 11) is 4.30. The van der Waals surface area contributed by atoms with E-state index in [0.717, 1.165) is 24.7 Å². The molecule has 0 spiro atoms. The number of halogens is 1. The third kappa shape index (κ3) is 3.00. The second-order valence-electron chi connectivity index (χ2n) is 5.89. The summed E-state index contributed by atoms with van der Waals surface area (Å²) in [5, 5.41) is 0.582. The van der Waals surface area contributed by atoms with E-state index in [1.165, 1.54) is 25.7 Å². The zero-order chi connectivity index (χ0) is 13.4. The fraction of sp³-hybridized carbons (Fsp3) is 0.714. The number of rotatable bonds is 3. The van der Waals surface area contributed by atoms with E-state index in [4.69, 9.17) is 16.6 Å². The number of nitrogens with zero attached hydrogens (tertiary/aromatic N) is 4. The zero-order valence-corrected chi connectivity index (χ0v) is 12.4. The quantitative estimate of drug-likeness (QED) is 0.797. The first-order valence-electron chi connectivity index (χ1n) is 7.09. The molecule has 0 N–H and O–H groups in total. The third-order valence-corrected chi connectivity index (χ3v) is 4.29. The van der Waals surface area contributed by atoms with Crippen LogP contribution >= 0.6 is 11.6 Å². The molecule has 19 heavy (non-hydrogen) atoms. The Bertz CT molecular complexity index is 459. The molecule has 5 heteroatoms. The van der Waals surface area contributed by atoms with Crippen LogP contribution in [0.5, 0.6) is 0 Å². The Hall–Kier alpha value is -0.870. The SMILES string of the molecule is CN(C)C1CCCN(c2cc(Cl)nc(C3CC3)n2)C1. The van der Waals surface area contributed by atoms with Crippen molar-refractivity contribution in [2.45, 2.75) is 37.6 Å². The molecular formula is C14H21ClN4. The van der Waals surface area contributed by atoms with Crippen molar-refractivity contribution in [3.63, 3.8) is 0 Å². The average Bonchev–Trinajstić information content (AvgIpc) is 3.22. The minimum Gasteiger partial charge on any atom is -0.355 e. The fourth-order valence-electron chi connectivity index (χ4n) is 2.69.